The lowest BCUT2D eigenvalue weighted by Crippen LogP contribution is -2.38. The Morgan fingerprint density at radius 3 is 2.39 bits per heavy atom. The normalized spacial score (nSPS) is 16.0. The summed E-state index contributed by atoms with van der Waals surface area (Å²) in [4.78, 5) is 26.6. The van der Waals surface area contributed by atoms with Gasteiger partial charge in [0.05, 0.1) is 24.9 Å². The molecule has 1 saturated heterocycles. The van der Waals surface area contributed by atoms with E-state index in [0.717, 1.165) is 43.8 Å². The molecule has 1 fully saturated rings. The van der Waals surface area contributed by atoms with E-state index in [1.165, 1.54) is 6.07 Å². The van der Waals surface area contributed by atoms with Gasteiger partial charge in [-0.05, 0) is 55.2 Å². The highest BCUT2D eigenvalue weighted by Gasteiger charge is 2.29. The summed E-state index contributed by atoms with van der Waals surface area (Å²) in [6.45, 7) is 4.66. The minimum atomic E-state index is -1.00. The maximum atomic E-state index is 13.9. The fraction of sp³-hybridized carbons (Fsp3) is 0.370. The molecule has 5 rings (SSSR count). The van der Waals surface area contributed by atoms with Gasteiger partial charge in [-0.2, -0.15) is 4.98 Å². The predicted molar refractivity (Wildman–Crippen MR) is 131 cm³/mol. The molecule has 36 heavy (non-hydrogen) atoms. The van der Waals surface area contributed by atoms with Crippen LogP contribution in [0, 0.1) is 17.6 Å². The molecule has 9 heteroatoms. The molecule has 2 aliphatic rings. The fourth-order valence-corrected chi connectivity index (χ4v) is 4.55. The van der Waals surface area contributed by atoms with Gasteiger partial charge in [-0.15, -0.1) is 0 Å². The van der Waals surface area contributed by atoms with Crippen LogP contribution >= 0.6 is 0 Å². The average molecular weight is 495 g/mol. The highest BCUT2D eigenvalue weighted by Crippen LogP contribution is 2.33. The number of aromatic nitrogens is 2. The third-order valence-electron chi connectivity index (χ3n) is 6.81. The summed E-state index contributed by atoms with van der Waals surface area (Å²) < 4.78 is 38.5. The first-order valence-corrected chi connectivity index (χ1v) is 12.1. The third kappa shape index (κ3) is 4.96. The fourth-order valence-electron chi connectivity index (χ4n) is 4.55. The van der Waals surface area contributed by atoms with Crippen molar-refractivity contribution in [2.75, 3.05) is 31.6 Å². The van der Waals surface area contributed by atoms with Crippen LogP contribution in [0.5, 0.6) is 17.4 Å². The number of piperidine rings is 1. The second-order valence-corrected chi connectivity index (χ2v) is 9.31. The highest BCUT2D eigenvalue weighted by molar-refractivity contribution is 5.94. The summed E-state index contributed by atoms with van der Waals surface area (Å²) in [5.74, 6) is 0.186. The molecular weight excluding hydrogens is 466 g/mol. The second-order valence-electron chi connectivity index (χ2n) is 9.31. The van der Waals surface area contributed by atoms with E-state index in [9.17, 15) is 13.6 Å². The summed E-state index contributed by atoms with van der Waals surface area (Å²) >= 11 is 0. The van der Waals surface area contributed by atoms with Crippen molar-refractivity contribution < 1.29 is 23.0 Å². The quantitative estimate of drug-likeness (QED) is 0.498. The van der Waals surface area contributed by atoms with Crippen molar-refractivity contribution in [1.29, 1.82) is 0 Å². The van der Waals surface area contributed by atoms with Crippen LogP contribution in [0.25, 0.3) is 0 Å². The molecule has 3 aromatic rings. The summed E-state index contributed by atoms with van der Waals surface area (Å²) in [6, 6.07) is 10.3. The molecule has 2 aromatic carbocycles. The first kappa shape index (κ1) is 24.0. The minimum absolute atomic E-state index is 0.129. The van der Waals surface area contributed by atoms with Gasteiger partial charge >= 0.3 is 0 Å². The molecular formula is C27H28F2N4O3. The van der Waals surface area contributed by atoms with Gasteiger partial charge in [-0.3, -0.25) is 4.79 Å². The number of rotatable bonds is 5. The number of methoxy groups -OCH3 is 1. The number of fused-ring (bicyclic) bond motifs is 1. The standard InChI is InChI=1S/C27H28F2N4O3/c1-17-9-12-32(13-10-17)27-30-24-11-14-33(26(34)18-3-5-19(35-2)6-4-18)16-21(24)25(31-27)36-20-7-8-22(28)23(29)15-20/h3-8,15,17H,9-14,16H2,1-2H3. The van der Waals surface area contributed by atoms with Crippen molar-refractivity contribution in [3.63, 3.8) is 0 Å². The first-order valence-electron chi connectivity index (χ1n) is 12.1. The van der Waals surface area contributed by atoms with E-state index in [1.807, 2.05) is 0 Å². The van der Waals surface area contributed by atoms with Crippen LogP contribution in [0.4, 0.5) is 14.7 Å². The smallest absolute Gasteiger partial charge is 0.254 e. The van der Waals surface area contributed by atoms with Crippen LogP contribution in [0.15, 0.2) is 42.5 Å². The lowest BCUT2D eigenvalue weighted by molar-refractivity contribution is 0.0732. The SMILES string of the molecule is COc1ccc(C(=O)N2CCc3nc(N4CCC(C)CC4)nc(Oc4ccc(F)c(F)c4)c3C2)cc1. The summed E-state index contributed by atoms with van der Waals surface area (Å²) in [7, 11) is 1.58. The molecule has 0 spiro atoms. The predicted octanol–water partition coefficient (Wildman–Crippen LogP) is 4.99. The van der Waals surface area contributed by atoms with Crippen molar-refractivity contribution in [3.8, 4) is 17.4 Å². The van der Waals surface area contributed by atoms with Crippen LogP contribution in [0.1, 0.15) is 41.4 Å². The van der Waals surface area contributed by atoms with Crippen LogP contribution < -0.4 is 14.4 Å². The minimum Gasteiger partial charge on any atom is -0.497 e. The lowest BCUT2D eigenvalue weighted by atomic mass is 9.99. The van der Waals surface area contributed by atoms with Gasteiger partial charge in [0.2, 0.25) is 11.8 Å². The highest BCUT2D eigenvalue weighted by atomic mass is 19.2. The van der Waals surface area contributed by atoms with Crippen molar-refractivity contribution in [2.24, 2.45) is 5.92 Å². The molecule has 1 amide bonds. The second kappa shape index (κ2) is 10.1. The van der Waals surface area contributed by atoms with Gasteiger partial charge in [0.1, 0.15) is 11.5 Å². The molecule has 0 atom stereocenters. The van der Waals surface area contributed by atoms with E-state index in [1.54, 1.807) is 36.3 Å². The average Bonchev–Trinajstić information content (AvgIpc) is 2.90. The number of hydrogen-bond acceptors (Lipinski definition) is 6. The zero-order chi connectivity index (χ0) is 25.2. The van der Waals surface area contributed by atoms with Crippen molar-refractivity contribution in [1.82, 2.24) is 14.9 Å². The number of ether oxygens (including phenoxy) is 2. The molecule has 0 unspecified atom stereocenters. The Kier molecular flexibility index (Phi) is 6.71. The first-order chi connectivity index (χ1) is 17.4. The molecule has 0 aliphatic carbocycles. The lowest BCUT2D eigenvalue weighted by Gasteiger charge is -2.33. The molecule has 1 aromatic heterocycles. The third-order valence-corrected chi connectivity index (χ3v) is 6.81. The van der Waals surface area contributed by atoms with Gasteiger partial charge in [-0.1, -0.05) is 6.92 Å². The number of benzene rings is 2. The topological polar surface area (TPSA) is 67.8 Å². The van der Waals surface area contributed by atoms with Gasteiger partial charge in [0.25, 0.3) is 5.91 Å². The molecule has 0 radical (unpaired) electrons. The molecule has 0 bridgehead atoms. The molecule has 2 aliphatic heterocycles. The van der Waals surface area contributed by atoms with E-state index in [0.29, 0.717) is 41.7 Å². The Hall–Kier alpha value is -3.75. The molecule has 3 heterocycles. The van der Waals surface area contributed by atoms with E-state index >= 15 is 0 Å². The Morgan fingerprint density at radius 1 is 0.972 bits per heavy atom. The number of hydrogen-bond donors (Lipinski definition) is 0. The van der Waals surface area contributed by atoms with E-state index in [4.69, 9.17) is 19.4 Å². The maximum absolute atomic E-state index is 13.9. The number of nitrogens with zero attached hydrogens (tertiary/aromatic N) is 4. The van der Waals surface area contributed by atoms with Gasteiger partial charge in [0, 0.05) is 37.7 Å². The summed E-state index contributed by atoms with van der Waals surface area (Å²) in [6.07, 6.45) is 2.62. The zero-order valence-electron chi connectivity index (χ0n) is 20.3. The molecule has 0 N–H and O–H groups in total. The maximum Gasteiger partial charge on any atom is 0.254 e. The molecule has 7 nitrogen and oxygen atoms in total. The van der Waals surface area contributed by atoms with Crippen LogP contribution in [-0.4, -0.2) is 47.5 Å². The van der Waals surface area contributed by atoms with E-state index < -0.39 is 11.6 Å². The number of carbonyl (C=O) groups is 1. The van der Waals surface area contributed by atoms with Gasteiger partial charge in [0.15, 0.2) is 11.6 Å². The van der Waals surface area contributed by atoms with Crippen molar-refractivity contribution in [3.05, 3.63) is 70.9 Å². The number of halogens is 2. The molecule has 0 saturated carbocycles. The van der Waals surface area contributed by atoms with Crippen molar-refractivity contribution >= 4 is 11.9 Å². The molecule has 188 valence electrons. The van der Waals surface area contributed by atoms with Crippen LogP contribution in [0.2, 0.25) is 0 Å². The number of amides is 1. The Labute approximate surface area is 208 Å². The largest absolute Gasteiger partial charge is 0.497 e. The van der Waals surface area contributed by atoms with Crippen molar-refractivity contribution in [2.45, 2.75) is 32.7 Å². The van der Waals surface area contributed by atoms with Crippen LogP contribution in [-0.2, 0) is 13.0 Å². The Balaban J connectivity index is 1.46. The number of anilines is 1. The summed E-state index contributed by atoms with van der Waals surface area (Å²) in [5, 5.41) is 0. The van der Waals surface area contributed by atoms with E-state index in [-0.39, 0.29) is 24.1 Å². The zero-order valence-corrected chi connectivity index (χ0v) is 20.3. The Morgan fingerprint density at radius 2 is 1.69 bits per heavy atom. The Bertz CT molecular complexity index is 1260. The number of carbonyl (C=O) groups excluding carboxylic acids is 1. The van der Waals surface area contributed by atoms with Crippen LogP contribution in [0.3, 0.4) is 0 Å². The monoisotopic (exact) mass is 494 g/mol. The van der Waals surface area contributed by atoms with Gasteiger partial charge < -0.3 is 19.3 Å². The van der Waals surface area contributed by atoms with Gasteiger partial charge in [-0.25, -0.2) is 13.8 Å². The summed E-state index contributed by atoms with van der Waals surface area (Å²) in [5.41, 5.74) is 2.01. The van der Waals surface area contributed by atoms with E-state index in [2.05, 4.69) is 11.8 Å².